The molecule has 1 aromatic carbocycles. The lowest BCUT2D eigenvalue weighted by molar-refractivity contribution is 0.0435. The third-order valence-corrected chi connectivity index (χ3v) is 5.37. The fraction of sp³-hybridized carbons (Fsp3) is 0.467. The first kappa shape index (κ1) is 18.2. The van der Waals surface area contributed by atoms with E-state index in [-0.39, 0.29) is 29.3 Å². The van der Waals surface area contributed by atoms with Crippen molar-refractivity contribution in [3.05, 3.63) is 23.8 Å². The second-order valence-corrected chi connectivity index (χ2v) is 6.97. The first-order valence-corrected chi connectivity index (χ1v) is 8.70. The van der Waals surface area contributed by atoms with Crippen molar-refractivity contribution in [2.24, 2.45) is 0 Å². The van der Waals surface area contributed by atoms with Gasteiger partial charge in [0.05, 0.1) is 25.9 Å². The van der Waals surface area contributed by atoms with Crippen molar-refractivity contribution in [2.45, 2.75) is 17.9 Å². The number of carbonyl (C=O) groups is 1. The van der Waals surface area contributed by atoms with Crippen LogP contribution in [0.1, 0.15) is 17.3 Å². The van der Waals surface area contributed by atoms with Gasteiger partial charge in [-0.1, -0.05) is 0 Å². The number of methoxy groups -OCH3 is 1. The minimum absolute atomic E-state index is 0.0322. The SMILES string of the molecule is COc1ccc(C(=O)O[C@H](C)C#N)cc1S(=O)(=O)N1CCOCC1. The van der Waals surface area contributed by atoms with Gasteiger partial charge in [0, 0.05) is 13.1 Å². The van der Waals surface area contributed by atoms with Crippen molar-refractivity contribution in [1.82, 2.24) is 4.31 Å². The molecular weight excluding hydrogens is 336 g/mol. The van der Waals surface area contributed by atoms with Crippen molar-refractivity contribution in [1.29, 1.82) is 5.26 Å². The van der Waals surface area contributed by atoms with Crippen LogP contribution in [0, 0.1) is 11.3 Å². The molecule has 1 aromatic rings. The number of hydrogen-bond acceptors (Lipinski definition) is 7. The molecule has 9 heteroatoms. The van der Waals surface area contributed by atoms with Crippen LogP contribution in [0.4, 0.5) is 0 Å². The van der Waals surface area contributed by atoms with E-state index in [9.17, 15) is 13.2 Å². The highest BCUT2D eigenvalue weighted by Gasteiger charge is 2.30. The summed E-state index contributed by atoms with van der Waals surface area (Å²) in [5, 5.41) is 8.71. The van der Waals surface area contributed by atoms with Crippen LogP contribution in [0.3, 0.4) is 0 Å². The summed E-state index contributed by atoms with van der Waals surface area (Å²) in [4.78, 5) is 11.9. The van der Waals surface area contributed by atoms with Crippen LogP contribution < -0.4 is 4.74 Å². The summed E-state index contributed by atoms with van der Waals surface area (Å²) in [6.07, 6.45) is -0.932. The molecule has 0 bridgehead atoms. The fourth-order valence-corrected chi connectivity index (χ4v) is 3.78. The molecule has 2 rings (SSSR count). The lowest BCUT2D eigenvalue weighted by atomic mass is 10.2. The number of rotatable bonds is 5. The molecule has 0 aliphatic carbocycles. The van der Waals surface area contributed by atoms with Crippen LogP contribution in [-0.4, -0.2) is 58.2 Å². The van der Waals surface area contributed by atoms with Crippen molar-refractivity contribution >= 4 is 16.0 Å². The number of nitrogens with zero attached hydrogens (tertiary/aromatic N) is 2. The highest BCUT2D eigenvalue weighted by Crippen LogP contribution is 2.28. The zero-order chi connectivity index (χ0) is 17.7. The first-order valence-electron chi connectivity index (χ1n) is 7.26. The zero-order valence-electron chi connectivity index (χ0n) is 13.4. The molecule has 0 unspecified atom stereocenters. The number of nitriles is 1. The Bertz CT molecular complexity index is 750. The standard InChI is InChI=1S/C15H18N2O6S/c1-11(10-16)23-15(18)12-3-4-13(21-2)14(9-12)24(19,20)17-5-7-22-8-6-17/h3-4,9,11H,5-8H2,1-2H3/t11-/m1/s1. The summed E-state index contributed by atoms with van der Waals surface area (Å²) >= 11 is 0. The van der Waals surface area contributed by atoms with E-state index < -0.39 is 22.1 Å². The summed E-state index contributed by atoms with van der Waals surface area (Å²) in [6.45, 7) is 2.50. The number of benzene rings is 1. The Kier molecular flexibility index (Phi) is 5.77. The van der Waals surface area contributed by atoms with Gasteiger partial charge in [0.1, 0.15) is 16.7 Å². The smallest absolute Gasteiger partial charge is 0.339 e. The Hall–Kier alpha value is -2.15. The lowest BCUT2D eigenvalue weighted by Crippen LogP contribution is -2.40. The summed E-state index contributed by atoms with van der Waals surface area (Å²) in [7, 11) is -2.49. The van der Waals surface area contributed by atoms with Crippen molar-refractivity contribution in [3.63, 3.8) is 0 Å². The summed E-state index contributed by atoms with van der Waals surface area (Å²) in [5.74, 6) is -0.642. The van der Waals surface area contributed by atoms with E-state index in [2.05, 4.69) is 0 Å². The van der Waals surface area contributed by atoms with Gasteiger partial charge in [0.25, 0.3) is 0 Å². The second kappa shape index (κ2) is 7.61. The summed E-state index contributed by atoms with van der Waals surface area (Å²) in [6, 6.07) is 5.76. The minimum atomic E-state index is -3.84. The quantitative estimate of drug-likeness (QED) is 0.720. The van der Waals surface area contributed by atoms with Gasteiger partial charge in [-0.15, -0.1) is 0 Å². The Morgan fingerprint density at radius 2 is 2.04 bits per heavy atom. The van der Waals surface area contributed by atoms with Gasteiger partial charge in [-0.2, -0.15) is 9.57 Å². The maximum atomic E-state index is 12.8. The van der Waals surface area contributed by atoms with Gasteiger partial charge in [-0.3, -0.25) is 0 Å². The van der Waals surface area contributed by atoms with Gasteiger partial charge in [-0.05, 0) is 25.1 Å². The van der Waals surface area contributed by atoms with E-state index in [1.54, 1.807) is 6.07 Å². The number of esters is 1. The lowest BCUT2D eigenvalue weighted by Gasteiger charge is -2.26. The maximum Gasteiger partial charge on any atom is 0.339 e. The predicted molar refractivity (Wildman–Crippen MR) is 83.1 cm³/mol. The molecule has 24 heavy (non-hydrogen) atoms. The molecule has 8 nitrogen and oxygen atoms in total. The summed E-state index contributed by atoms with van der Waals surface area (Å²) in [5.41, 5.74) is 0.0322. The predicted octanol–water partition coefficient (Wildman–Crippen LogP) is 0.785. The van der Waals surface area contributed by atoms with E-state index >= 15 is 0 Å². The number of carbonyl (C=O) groups excluding carboxylic acids is 1. The Morgan fingerprint density at radius 1 is 1.38 bits per heavy atom. The van der Waals surface area contributed by atoms with Gasteiger partial charge in [0.2, 0.25) is 10.0 Å². The monoisotopic (exact) mass is 354 g/mol. The first-order chi connectivity index (χ1) is 11.4. The molecule has 0 amide bonds. The summed E-state index contributed by atoms with van der Waals surface area (Å²) < 4.78 is 42.1. The molecule has 1 fully saturated rings. The Balaban J connectivity index is 2.39. The maximum absolute atomic E-state index is 12.8. The molecule has 1 heterocycles. The van der Waals surface area contributed by atoms with E-state index in [0.717, 1.165) is 0 Å². The average Bonchev–Trinajstić information content (AvgIpc) is 2.61. The third-order valence-electron chi connectivity index (χ3n) is 3.45. The van der Waals surface area contributed by atoms with E-state index in [4.69, 9.17) is 19.5 Å². The van der Waals surface area contributed by atoms with E-state index in [1.165, 1.54) is 36.5 Å². The van der Waals surface area contributed by atoms with Crippen LogP contribution in [0.15, 0.2) is 23.1 Å². The molecule has 0 radical (unpaired) electrons. The number of morpholine rings is 1. The van der Waals surface area contributed by atoms with Gasteiger partial charge in [-0.25, -0.2) is 13.2 Å². The van der Waals surface area contributed by atoms with Crippen molar-refractivity contribution in [2.75, 3.05) is 33.4 Å². The van der Waals surface area contributed by atoms with Crippen LogP contribution >= 0.6 is 0 Å². The van der Waals surface area contributed by atoms with E-state index in [1.807, 2.05) is 0 Å². The highest BCUT2D eigenvalue weighted by molar-refractivity contribution is 7.89. The van der Waals surface area contributed by atoms with Crippen LogP contribution in [-0.2, 0) is 19.5 Å². The molecule has 1 atom stereocenters. The molecule has 130 valence electrons. The highest BCUT2D eigenvalue weighted by atomic mass is 32.2. The van der Waals surface area contributed by atoms with Crippen molar-refractivity contribution in [3.8, 4) is 11.8 Å². The molecule has 0 N–H and O–H groups in total. The molecule has 0 spiro atoms. The molecule has 1 aliphatic rings. The van der Waals surface area contributed by atoms with Crippen molar-refractivity contribution < 1.29 is 27.4 Å². The topological polar surface area (TPSA) is 106 Å². The zero-order valence-corrected chi connectivity index (χ0v) is 14.2. The van der Waals surface area contributed by atoms with Gasteiger partial charge in [0.15, 0.2) is 6.10 Å². The van der Waals surface area contributed by atoms with Crippen LogP contribution in [0.2, 0.25) is 0 Å². The number of sulfonamides is 1. The Morgan fingerprint density at radius 3 is 2.62 bits per heavy atom. The fourth-order valence-electron chi connectivity index (χ4n) is 2.19. The third kappa shape index (κ3) is 3.84. The largest absolute Gasteiger partial charge is 0.495 e. The van der Waals surface area contributed by atoms with Crippen LogP contribution in [0.25, 0.3) is 0 Å². The van der Waals surface area contributed by atoms with Gasteiger partial charge < -0.3 is 14.2 Å². The molecule has 0 aromatic heterocycles. The molecule has 1 saturated heterocycles. The normalized spacial score (nSPS) is 16.9. The Labute approximate surface area is 140 Å². The minimum Gasteiger partial charge on any atom is -0.495 e. The van der Waals surface area contributed by atoms with Gasteiger partial charge >= 0.3 is 5.97 Å². The molecule has 1 aliphatic heterocycles. The number of ether oxygens (including phenoxy) is 3. The second-order valence-electron chi connectivity index (χ2n) is 5.06. The van der Waals surface area contributed by atoms with E-state index in [0.29, 0.717) is 13.2 Å². The molecule has 0 saturated carbocycles. The average molecular weight is 354 g/mol. The van der Waals surface area contributed by atoms with Crippen LogP contribution in [0.5, 0.6) is 5.75 Å². The molecular formula is C15H18N2O6S. The number of hydrogen-bond donors (Lipinski definition) is 0.